The lowest BCUT2D eigenvalue weighted by atomic mass is 10.2. The normalized spacial score (nSPS) is 11.9. The molecule has 0 aromatic carbocycles. The van der Waals surface area contributed by atoms with Gasteiger partial charge in [0.25, 0.3) is 0 Å². The molecular weight excluding hydrogens is 255 g/mol. The maximum atomic E-state index is 8.69. The van der Waals surface area contributed by atoms with E-state index in [0.717, 1.165) is 10.2 Å². The molecule has 0 bridgehead atoms. The number of pyridine rings is 1. The van der Waals surface area contributed by atoms with Gasteiger partial charge >= 0.3 is 0 Å². The van der Waals surface area contributed by atoms with Crippen molar-refractivity contribution in [2.75, 3.05) is 6.61 Å². The Labute approximate surface area is 91.9 Å². The van der Waals surface area contributed by atoms with Crippen LogP contribution in [0.25, 0.3) is 0 Å². The average molecular weight is 268 g/mol. The van der Waals surface area contributed by atoms with Crippen molar-refractivity contribution in [2.24, 2.45) is 5.73 Å². The summed E-state index contributed by atoms with van der Waals surface area (Å²) < 4.78 is 0.948. The Morgan fingerprint density at radius 1 is 1.54 bits per heavy atom. The molecule has 1 unspecified atom stereocenters. The molecule has 0 saturated heterocycles. The topological polar surface area (TPSA) is 59.1 Å². The summed E-state index contributed by atoms with van der Waals surface area (Å²) in [4.78, 5) is 4.13. The molecule has 74 valence electrons. The van der Waals surface area contributed by atoms with E-state index in [4.69, 9.17) is 10.8 Å². The third-order valence-electron chi connectivity index (χ3n) is 1.49. The zero-order chi connectivity index (χ0) is 8.97. The molecule has 0 aliphatic rings. The number of aliphatic hydroxyl groups excluding tert-OH is 1. The third-order valence-corrected chi connectivity index (χ3v) is 1.96. The Balaban J connectivity index is 0.00000144. The van der Waals surface area contributed by atoms with Crippen molar-refractivity contribution in [3.05, 3.63) is 28.5 Å². The lowest BCUT2D eigenvalue weighted by Crippen LogP contribution is -2.27. The Morgan fingerprint density at radius 2 is 2.23 bits per heavy atom. The molecule has 0 saturated carbocycles. The van der Waals surface area contributed by atoms with E-state index < -0.39 is 0 Å². The fourth-order valence-electron chi connectivity index (χ4n) is 0.860. The Morgan fingerprint density at radius 3 is 2.69 bits per heavy atom. The van der Waals surface area contributed by atoms with Gasteiger partial charge in [-0.3, -0.25) is 4.98 Å². The van der Waals surface area contributed by atoms with Gasteiger partial charge in [-0.25, -0.2) is 0 Å². The van der Waals surface area contributed by atoms with Gasteiger partial charge in [-0.1, -0.05) is 0 Å². The van der Waals surface area contributed by atoms with Crippen molar-refractivity contribution in [3.63, 3.8) is 0 Å². The molecule has 3 N–H and O–H groups in total. The predicted octanol–water partition coefficient (Wildman–Crippen LogP) is 1.13. The molecule has 1 aromatic heterocycles. The van der Waals surface area contributed by atoms with Crippen LogP contribution in [0.4, 0.5) is 0 Å². The summed E-state index contributed by atoms with van der Waals surface area (Å²) in [5, 5.41) is 8.69. The van der Waals surface area contributed by atoms with Crippen LogP contribution in [-0.4, -0.2) is 22.7 Å². The highest BCUT2D eigenvalue weighted by molar-refractivity contribution is 9.10. The van der Waals surface area contributed by atoms with Crippen molar-refractivity contribution in [2.45, 2.75) is 12.5 Å². The van der Waals surface area contributed by atoms with Crippen molar-refractivity contribution >= 4 is 28.3 Å². The first-order chi connectivity index (χ1) is 5.72. The van der Waals surface area contributed by atoms with Crippen LogP contribution in [0.2, 0.25) is 0 Å². The van der Waals surface area contributed by atoms with E-state index in [1.807, 2.05) is 12.1 Å². The van der Waals surface area contributed by atoms with Gasteiger partial charge in [0.05, 0.1) is 6.61 Å². The standard InChI is InChI=1S/C8H11BrN2O.ClH/c9-6-1-2-8(11-4-6)3-7(10)5-12;/h1-2,4,7,12H,3,5,10H2;1H. The van der Waals surface area contributed by atoms with Crippen LogP contribution in [0.1, 0.15) is 5.69 Å². The minimum absolute atomic E-state index is 0. The third kappa shape index (κ3) is 4.57. The number of hydrogen-bond acceptors (Lipinski definition) is 3. The first kappa shape index (κ1) is 12.8. The number of aliphatic hydroxyl groups is 1. The van der Waals surface area contributed by atoms with Crippen molar-refractivity contribution < 1.29 is 5.11 Å². The summed E-state index contributed by atoms with van der Waals surface area (Å²) in [7, 11) is 0. The summed E-state index contributed by atoms with van der Waals surface area (Å²) in [5.41, 5.74) is 6.44. The zero-order valence-corrected chi connectivity index (χ0v) is 9.38. The summed E-state index contributed by atoms with van der Waals surface area (Å²) in [6.07, 6.45) is 2.34. The van der Waals surface area contributed by atoms with Crippen molar-refractivity contribution in [3.8, 4) is 0 Å². The fraction of sp³-hybridized carbons (Fsp3) is 0.375. The molecule has 0 radical (unpaired) electrons. The van der Waals surface area contributed by atoms with E-state index in [1.54, 1.807) is 6.20 Å². The van der Waals surface area contributed by atoms with Gasteiger partial charge in [0.15, 0.2) is 0 Å². The van der Waals surface area contributed by atoms with Gasteiger partial charge < -0.3 is 10.8 Å². The lowest BCUT2D eigenvalue weighted by molar-refractivity contribution is 0.264. The molecule has 0 aliphatic heterocycles. The molecule has 0 amide bonds. The maximum Gasteiger partial charge on any atom is 0.0586 e. The van der Waals surface area contributed by atoms with E-state index in [-0.39, 0.29) is 25.1 Å². The first-order valence-electron chi connectivity index (χ1n) is 3.69. The number of rotatable bonds is 3. The van der Waals surface area contributed by atoms with Gasteiger partial charge in [-0.15, -0.1) is 12.4 Å². The molecule has 3 nitrogen and oxygen atoms in total. The largest absolute Gasteiger partial charge is 0.395 e. The number of nitrogens with zero attached hydrogens (tertiary/aromatic N) is 1. The molecule has 13 heavy (non-hydrogen) atoms. The van der Waals surface area contributed by atoms with Crippen LogP contribution >= 0.6 is 28.3 Å². The van der Waals surface area contributed by atoms with Crippen molar-refractivity contribution in [1.29, 1.82) is 0 Å². The number of aromatic nitrogens is 1. The van der Waals surface area contributed by atoms with Gasteiger partial charge in [0, 0.05) is 28.8 Å². The van der Waals surface area contributed by atoms with E-state index in [1.165, 1.54) is 0 Å². The molecule has 1 rings (SSSR count). The Hall–Kier alpha value is -0.160. The second-order valence-electron chi connectivity index (χ2n) is 2.61. The molecular formula is C8H12BrClN2O. The Bertz CT molecular complexity index is 242. The second-order valence-corrected chi connectivity index (χ2v) is 3.53. The second kappa shape index (κ2) is 6.32. The van der Waals surface area contributed by atoms with Crippen LogP contribution in [0.15, 0.2) is 22.8 Å². The summed E-state index contributed by atoms with van der Waals surface area (Å²) >= 11 is 3.29. The minimum atomic E-state index is -0.210. The summed E-state index contributed by atoms with van der Waals surface area (Å²) in [5.74, 6) is 0. The molecule has 0 fully saturated rings. The molecule has 0 spiro atoms. The first-order valence-corrected chi connectivity index (χ1v) is 4.48. The molecule has 0 aliphatic carbocycles. The minimum Gasteiger partial charge on any atom is -0.395 e. The quantitative estimate of drug-likeness (QED) is 0.863. The fourth-order valence-corrected chi connectivity index (χ4v) is 1.09. The maximum absolute atomic E-state index is 8.69. The highest BCUT2D eigenvalue weighted by Gasteiger charge is 2.02. The van der Waals surface area contributed by atoms with Crippen LogP contribution in [0.5, 0.6) is 0 Å². The molecule has 5 heteroatoms. The Kier molecular flexibility index (Phi) is 6.24. The zero-order valence-electron chi connectivity index (χ0n) is 6.98. The highest BCUT2D eigenvalue weighted by atomic mass is 79.9. The van der Waals surface area contributed by atoms with E-state index in [9.17, 15) is 0 Å². The number of hydrogen-bond donors (Lipinski definition) is 2. The molecule has 1 heterocycles. The van der Waals surface area contributed by atoms with Crippen molar-refractivity contribution in [1.82, 2.24) is 4.98 Å². The van der Waals surface area contributed by atoms with E-state index in [0.29, 0.717) is 6.42 Å². The highest BCUT2D eigenvalue weighted by Crippen LogP contribution is 2.08. The van der Waals surface area contributed by atoms with Gasteiger partial charge in [-0.2, -0.15) is 0 Å². The van der Waals surface area contributed by atoms with Crippen LogP contribution in [0, 0.1) is 0 Å². The average Bonchev–Trinajstić information content (AvgIpc) is 2.09. The van der Waals surface area contributed by atoms with Gasteiger partial charge in [0.2, 0.25) is 0 Å². The SMILES string of the molecule is Cl.NC(CO)Cc1ccc(Br)cn1. The predicted molar refractivity (Wildman–Crippen MR) is 58.0 cm³/mol. The van der Waals surface area contributed by atoms with Crippen LogP contribution in [-0.2, 0) is 6.42 Å². The van der Waals surface area contributed by atoms with Crippen LogP contribution in [0.3, 0.4) is 0 Å². The number of halogens is 2. The monoisotopic (exact) mass is 266 g/mol. The van der Waals surface area contributed by atoms with Gasteiger partial charge in [0.1, 0.15) is 0 Å². The molecule has 1 atom stereocenters. The van der Waals surface area contributed by atoms with Crippen LogP contribution < -0.4 is 5.73 Å². The summed E-state index contributed by atoms with van der Waals surface area (Å²) in [6.45, 7) is -0.00224. The lowest BCUT2D eigenvalue weighted by Gasteiger charge is -2.06. The van der Waals surface area contributed by atoms with E-state index in [2.05, 4.69) is 20.9 Å². The molecule has 1 aromatic rings. The van der Waals surface area contributed by atoms with Gasteiger partial charge in [-0.05, 0) is 28.1 Å². The number of nitrogens with two attached hydrogens (primary N) is 1. The smallest absolute Gasteiger partial charge is 0.0586 e. The van der Waals surface area contributed by atoms with E-state index >= 15 is 0 Å². The summed E-state index contributed by atoms with van der Waals surface area (Å²) in [6, 6.07) is 3.59.